The zero-order chi connectivity index (χ0) is 25.9. The van der Waals surface area contributed by atoms with Gasteiger partial charge in [-0.05, 0) is 51.3 Å². The Morgan fingerprint density at radius 1 is 1.21 bits per heavy atom. The lowest BCUT2D eigenvalue weighted by Gasteiger charge is -2.32. The number of para-hydroxylation sites is 1. The third kappa shape index (κ3) is 7.82. The molecule has 2 aromatic heterocycles. The van der Waals surface area contributed by atoms with E-state index in [-0.39, 0.29) is 15.0 Å². The van der Waals surface area contributed by atoms with E-state index in [2.05, 4.69) is 67.8 Å². The van der Waals surface area contributed by atoms with Gasteiger partial charge in [0, 0.05) is 54.7 Å². The number of hydrogen-bond donors (Lipinski definition) is 4. The average Bonchev–Trinajstić information content (AvgIpc) is 3.20. The second-order valence-corrected chi connectivity index (χ2v) is 8.29. The molecule has 0 bridgehead atoms. The van der Waals surface area contributed by atoms with Crippen molar-refractivity contribution >= 4 is 22.8 Å². The van der Waals surface area contributed by atoms with Crippen molar-refractivity contribution < 1.29 is 33.9 Å². The molecule has 0 unspecified atom stereocenters. The molecule has 3 aromatic rings. The number of hydroxylamine groups is 1. The molecule has 13 heteroatoms. The predicted molar refractivity (Wildman–Crippen MR) is 138 cm³/mol. The minimum Gasteiger partial charge on any atom is -0.345 e. The Balaban J connectivity index is 0.000000946. The Kier molecular flexibility index (Phi) is 13.6. The van der Waals surface area contributed by atoms with E-state index in [1.807, 2.05) is 0 Å². The van der Waals surface area contributed by atoms with Crippen LogP contribution in [0.5, 0.6) is 0 Å². The lowest BCUT2D eigenvalue weighted by atomic mass is 10.0. The maximum atomic E-state index is 11.4. The highest BCUT2D eigenvalue weighted by Gasteiger charge is 2.21. The number of rotatable bonds is 7. The number of nitrogens with one attached hydrogen (secondary N) is 2. The van der Waals surface area contributed by atoms with Gasteiger partial charge in [0.05, 0.1) is 5.56 Å². The maximum absolute atomic E-state index is 11.4. The largest absolute Gasteiger partial charge is 0.345 e. The topological polar surface area (TPSA) is 125 Å². The van der Waals surface area contributed by atoms with Gasteiger partial charge < -0.3 is 14.8 Å². The summed E-state index contributed by atoms with van der Waals surface area (Å²) in [5, 5.41) is 20.9. The molecule has 1 aliphatic heterocycles. The van der Waals surface area contributed by atoms with Crippen LogP contribution in [-0.4, -0.2) is 56.6 Å². The summed E-state index contributed by atoms with van der Waals surface area (Å²) in [6.45, 7) is 8.13. The molecular weight excluding hydrogens is 505 g/mol. The van der Waals surface area contributed by atoms with Crippen LogP contribution in [0.1, 0.15) is 41.4 Å². The highest BCUT2D eigenvalue weighted by atomic mass is 19.1. The van der Waals surface area contributed by atoms with E-state index >= 15 is 0 Å². The van der Waals surface area contributed by atoms with Gasteiger partial charge in [-0.1, -0.05) is 18.2 Å². The first-order chi connectivity index (χ1) is 17.5. The minimum atomic E-state index is -0.605. The zero-order valence-electron chi connectivity index (χ0n) is 21.2. The smallest absolute Gasteiger partial charge is 0.277 e. The summed E-state index contributed by atoms with van der Waals surface area (Å²) in [4.78, 5) is 25.0. The van der Waals surface area contributed by atoms with Gasteiger partial charge in [-0.2, -0.15) is 5.26 Å². The van der Waals surface area contributed by atoms with Crippen LogP contribution in [0.4, 0.5) is 19.7 Å². The molecule has 0 atom stereocenters. The third-order valence-corrected chi connectivity index (χ3v) is 6.35. The SMILES string of the molecule is CCn1c(C)c(CCNC2CCN(c3ncc(C(=O)NO)cn3)CC2)c2ccccc21.F.F.OOC#CF. The maximum Gasteiger partial charge on any atom is 0.277 e. The number of carbonyl (C=O) groups is 1. The van der Waals surface area contributed by atoms with Gasteiger partial charge in [-0.3, -0.25) is 24.3 Å². The third-order valence-electron chi connectivity index (χ3n) is 6.35. The monoisotopic (exact) mass is 538 g/mol. The van der Waals surface area contributed by atoms with Gasteiger partial charge in [0.15, 0.2) is 12.3 Å². The normalized spacial score (nSPS) is 12.7. The fourth-order valence-corrected chi connectivity index (χ4v) is 4.59. The molecular formula is C25H33F3N6O4. The lowest BCUT2D eigenvalue weighted by Crippen LogP contribution is -2.43. The molecule has 0 radical (unpaired) electrons. The van der Waals surface area contributed by atoms with Crippen molar-refractivity contribution in [1.82, 2.24) is 25.3 Å². The summed E-state index contributed by atoms with van der Waals surface area (Å²) in [7, 11) is 0. The van der Waals surface area contributed by atoms with E-state index in [1.54, 1.807) is 5.48 Å². The van der Waals surface area contributed by atoms with E-state index in [0.29, 0.717) is 12.0 Å². The first-order valence-corrected chi connectivity index (χ1v) is 11.8. The van der Waals surface area contributed by atoms with Gasteiger partial charge in [-0.25, -0.2) is 15.4 Å². The molecule has 0 spiro atoms. The van der Waals surface area contributed by atoms with Crippen molar-refractivity contribution in [2.24, 2.45) is 0 Å². The fourth-order valence-electron chi connectivity index (χ4n) is 4.59. The van der Waals surface area contributed by atoms with E-state index in [9.17, 15) is 9.18 Å². The van der Waals surface area contributed by atoms with Crippen molar-refractivity contribution in [3.63, 3.8) is 0 Å². The average molecular weight is 539 g/mol. The van der Waals surface area contributed by atoms with Crippen LogP contribution in [0, 0.1) is 19.2 Å². The number of nitrogens with zero attached hydrogens (tertiary/aromatic N) is 4. The van der Waals surface area contributed by atoms with Gasteiger partial charge >= 0.3 is 0 Å². The molecule has 4 N–H and O–H groups in total. The van der Waals surface area contributed by atoms with Crippen LogP contribution >= 0.6 is 0 Å². The molecule has 1 aromatic carbocycles. The molecule has 38 heavy (non-hydrogen) atoms. The molecule has 10 nitrogen and oxygen atoms in total. The Hall–Kier alpha value is -3.86. The van der Waals surface area contributed by atoms with Crippen LogP contribution < -0.4 is 15.7 Å². The zero-order valence-corrected chi connectivity index (χ0v) is 21.2. The summed E-state index contributed by atoms with van der Waals surface area (Å²) in [6, 6.07) is 9.17. The Morgan fingerprint density at radius 2 is 1.87 bits per heavy atom. The predicted octanol–water partition coefficient (Wildman–Crippen LogP) is 3.35. The van der Waals surface area contributed by atoms with E-state index in [0.717, 1.165) is 51.6 Å². The first kappa shape index (κ1) is 32.2. The van der Waals surface area contributed by atoms with Crippen LogP contribution in [-0.2, 0) is 17.9 Å². The molecule has 1 fully saturated rings. The molecule has 1 saturated heterocycles. The van der Waals surface area contributed by atoms with Crippen LogP contribution in [0.2, 0.25) is 0 Å². The van der Waals surface area contributed by atoms with Gasteiger partial charge in [0.2, 0.25) is 5.95 Å². The molecule has 3 heterocycles. The summed E-state index contributed by atoms with van der Waals surface area (Å²) in [5.41, 5.74) is 5.98. The minimum absolute atomic E-state index is 0. The van der Waals surface area contributed by atoms with Crippen molar-refractivity contribution in [1.29, 1.82) is 0 Å². The van der Waals surface area contributed by atoms with Gasteiger partial charge in [-0.15, -0.1) is 4.39 Å². The van der Waals surface area contributed by atoms with Crippen LogP contribution in [0.15, 0.2) is 36.7 Å². The van der Waals surface area contributed by atoms with Crippen molar-refractivity contribution in [2.75, 3.05) is 24.5 Å². The molecule has 0 aliphatic carbocycles. The number of piperidine rings is 1. The summed E-state index contributed by atoms with van der Waals surface area (Å²) in [6.07, 6.45) is 8.00. The highest BCUT2D eigenvalue weighted by Crippen LogP contribution is 2.26. The second kappa shape index (κ2) is 16.1. The van der Waals surface area contributed by atoms with Gasteiger partial charge in [0.1, 0.15) is 0 Å². The number of hydrogen-bond acceptors (Lipinski definition) is 8. The van der Waals surface area contributed by atoms with E-state index < -0.39 is 5.91 Å². The summed E-state index contributed by atoms with van der Waals surface area (Å²) >= 11 is 0. The summed E-state index contributed by atoms with van der Waals surface area (Å²) < 4.78 is 12.7. The second-order valence-electron chi connectivity index (χ2n) is 8.29. The Morgan fingerprint density at radius 3 is 2.42 bits per heavy atom. The van der Waals surface area contributed by atoms with Crippen LogP contribution in [0.25, 0.3) is 10.9 Å². The number of aryl methyl sites for hydroxylation is 1. The standard InChI is InChI=1S/C23H30N6O2.C2HFO2.2FH/c1-3-29-16(2)19(20-6-4-5-7-21(20)29)8-11-24-18-9-12-28(13-10-18)23-25-14-17(15-26-23)22(30)27-31;3-1-2-5-4;;/h4-7,14-15,18,24,31H,3,8-13H2,1-2H3,(H,27,30);4H;2*1H. The first-order valence-electron chi connectivity index (χ1n) is 11.8. The number of fused-ring (bicyclic) bond motifs is 1. The molecule has 0 saturated carbocycles. The van der Waals surface area contributed by atoms with Gasteiger partial charge in [0.25, 0.3) is 5.91 Å². The number of anilines is 1. The summed E-state index contributed by atoms with van der Waals surface area (Å²) in [5.74, 6) is 0.0164. The van der Waals surface area contributed by atoms with E-state index in [4.69, 9.17) is 10.5 Å². The molecule has 4 rings (SSSR count). The highest BCUT2D eigenvalue weighted by molar-refractivity contribution is 5.92. The molecule has 1 aliphatic rings. The van der Waals surface area contributed by atoms with Crippen molar-refractivity contribution in [3.05, 3.63) is 53.5 Å². The lowest BCUT2D eigenvalue weighted by molar-refractivity contribution is -0.172. The quantitative estimate of drug-likeness (QED) is 0.156. The molecule has 208 valence electrons. The number of aromatic nitrogens is 3. The fraction of sp³-hybridized carbons (Fsp3) is 0.400. The number of halogens is 3. The number of carbonyl (C=O) groups excluding carboxylic acids is 1. The van der Waals surface area contributed by atoms with Crippen molar-refractivity contribution in [2.45, 2.75) is 45.7 Å². The van der Waals surface area contributed by atoms with Crippen molar-refractivity contribution in [3.8, 4) is 12.3 Å². The Labute approximate surface area is 218 Å². The van der Waals surface area contributed by atoms with Crippen LogP contribution in [0.3, 0.4) is 0 Å². The number of benzene rings is 1. The number of amides is 1. The molecule has 1 amide bonds. The Bertz CT molecular complexity index is 1210. The van der Waals surface area contributed by atoms with E-state index in [1.165, 1.54) is 40.7 Å².